The van der Waals surface area contributed by atoms with Crippen LogP contribution in [0.25, 0.3) is 0 Å². The number of amides is 1. The molecular formula is C8H14ClN5O2S. The number of rotatable bonds is 5. The number of nitrogens with two attached hydrogens (primary N) is 1. The van der Waals surface area contributed by atoms with Gasteiger partial charge < -0.3 is 11.2 Å². The lowest BCUT2D eigenvalue weighted by Gasteiger charge is -2.27. The van der Waals surface area contributed by atoms with E-state index in [4.69, 9.17) is 17.4 Å². The third-order valence-electron chi connectivity index (χ3n) is 2.08. The maximum atomic E-state index is 11.8. The van der Waals surface area contributed by atoms with Crippen molar-refractivity contribution in [1.29, 1.82) is 0 Å². The third kappa shape index (κ3) is 3.16. The van der Waals surface area contributed by atoms with Gasteiger partial charge in [-0.05, 0) is 13.2 Å². The highest BCUT2D eigenvalue weighted by atomic mass is 35.5. The maximum absolute atomic E-state index is 11.8. The molecule has 0 aliphatic carbocycles. The van der Waals surface area contributed by atoms with Gasteiger partial charge in [0, 0.05) is 11.6 Å². The van der Waals surface area contributed by atoms with Crippen molar-refractivity contribution < 1.29 is 4.79 Å². The van der Waals surface area contributed by atoms with Crippen molar-refractivity contribution in [2.24, 2.45) is 0 Å². The van der Waals surface area contributed by atoms with Crippen LogP contribution in [-0.2, 0) is 0 Å². The Morgan fingerprint density at radius 2 is 2.41 bits per heavy atom. The van der Waals surface area contributed by atoms with Crippen LogP contribution >= 0.6 is 23.4 Å². The Hall–Kier alpha value is -1.15. The summed E-state index contributed by atoms with van der Waals surface area (Å²) in [7, 11) is 0. The number of carbonyl (C=O) groups is 1. The van der Waals surface area contributed by atoms with Crippen molar-refractivity contribution in [3.8, 4) is 0 Å². The first-order chi connectivity index (χ1) is 7.93. The quantitative estimate of drug-likeness (QED) is 0.492. The normalized spacial score (nSPS) is 14.3. The second-order valence-corrected chi connectivity index (χ2v) is 4.94. The average Bonchev–Trinajstić information content (AvgIpc) is 2.60. The van der Waals surface area contributed by atoms with Crippen molar-refractivity contribution in [1.82, 2.24) is 20.2 Å². The zero-order valence-electron chi connectivity index (χ0n) is 9.49. The Bertz CT molecular complexity index is 459. The fourth-order valence-electron chi connectivity index (χ4n) is 1.22. The highest BCUT2D eigenvalue weighted by Gasteiger charge is 2.27. The van der Waals surface area contributed by atoms with Gasteiger partial charge in [-0.1, -0.05) is 0 Å². The zero-order chi connectivity index (χ0) is 13.1. The van der Waals surface area contributed by atoms with Crippen molar-refractivity contribution in [3.63, 3.8) is 0 Å². The molecule has 1 unspecified atom stereocenters. The van der Waals surface area contributed by atoms with Crippen LogP contribution in [0.4, 0.5) is 0 Å². The van der Waals surface area contributed by atoms with Crippen molar-refractivity contribution in [2.75, 3.05) is 23.7 Å². The van der Waals surface area contributed by atoms with Gasteiger partial charge in [-0.15, -0.1) is 16.7 Å². The van der Waals surface area contributed by atoms with Crippen molar-refractivity contribution in [2.45, 2.75) is 12.5 Å². The van der Waals surface area contributed by atoms with E-state index < -0.39 is 17.1 Å². The van der Waals surface area contributed by atoms with Gasteiger partial charge in [0.1, 0.15) is 0 Å². The van der Waals surface area contributed by atoms with Gasteiger partial charge in [-0.2, -0.15) is 16.4 Å². The number of H-pyrrole nitrogens is 1. The Morgan fingerprint density at radius 3 is 2.82 bits per heavy atom. The summed E-state index contributed by atoms with van der Waals surface area (Å²) in [6.45, 7) is 1.81. The largest absolute Gasteiger partial charge is 0.362 e. The fraction of sp³-hybridized carbons (Fsp3) is 0.625. The predicted molar refractivity (Wildman–Crippen MR) is 68.0 cm³/mol. The van der Waals surface area contributed by atoms with Gasteiger partial charge >= 0.3 is 5.69 Å². The summed E-state index contributed by atoms with van der Waals surface area (Å²) in [4.78, 5) is 22.8. The van der Waals surface area contributed by atoms with E-state index in [1.54, 1.807) is 18.7 Å². The molecule has 1 aromatic heterocycles. The first kappa shape index (κ1) is 13.9. The van der Waals surface area contributed by atoms with Crippen LogP contribution in [-0.4, -0.2) is 44.2 Å². The summed E-state index contributed by atoms with van der Waals surface area (Å²) >= 11 is 7.36. The van der Waals surface area contributed by atoms with Gasteiger partial charge in [-0.25, -0.2) is 9.89 Å². The predicted octanol–water partition coefficient (Wildman–Crippen LogP) is -0.624. The SMILES string of the molecule is CSCC(C)(CCl)NC(=O)c1n[nH]c(=O)n1N. The van der Waals surface area contributed by atoms with E-state index in [-0.39, 0.29) is 11.7 Å². The number of nitrogen functional groups attached to an aromatic ring is 1. The van der Waals surface area contributed by atoms with E-state index in [1.165, 1.54) is 0 Å². The van der Waals surface area contributed by atoms with E-state index in [9.17, 15) is 9.59 Å². The molecule has 0 spiro atoms. The summed E-state index contributed by atoms with van der Waals surface area (Å²) in [5.41, 5.74) is -1.22. The summed E-state index contributed by atoms with van der Waals surface area (Å²) in [5, 5.41) is 8.32. The van der Waals surface area contributed by atoms with Crippen LogP contribution in [0.3, 0.4) is 0 Å². The van der Waals surface area contributed by atoms with E-state index in [2.05, 4.69) is 15.5 Å². The summed E-state index contributed by atoms with van der Waals surface area (Å²) in [5.74, 6) is 5.53. The highest BCUT2D eigenvalue weighted by Crippen LogP contribution is 2.13. The molecule has 0 aliphatic heterocycles. The number of aromatic amines is 1. The van der Waals surface area contributed by atoms with Crippen LogP contribution in [0, 0.1) is 0 Å². The molecule has 96 valence electrons. The number of hydrogen-bond donors (Lipinski definition) is 3. The molecule has 0 saturated heterocycles. The van der Waals surface area contributed by atoms with E-state index in [1.807, 2.05) is 6.26 Å². The molecule has 4 N–H and O–H groups in total. The monoisotopic (exact) mass is 279 g/mol. The fourth-order valence-corrected chi connectivity index (χ4v) is 2.31. The molecule has 0 aliphatic rings. The molecule has 17 heavy (non-hydrogen) atoms. The molecule has 1 aromatic rings. The minimum Gasteiger partial charge on any atom is -0.342 e. The summed E-state index contributed by atoms with van der Waals surface area (Å²) < 4.78 is 0.656. The number of nitrogens with one attached hydrogen (secondary N) is 2. The molecule has 1 rings (SSSR count). The Labute approximate surface area is 107 Å². The highest BCUT2D eigenvalue weighted by molar-refractivity contribution is 7.98. The Morgan fingerprint density at radius 1 is 1.76 bits per heavy atom. The summed E-state index contributed by atoms with van der Waals surface area (Å²) in [6.07, 6.45) is 1.91. The Balaban J connectivity index is 2.85. The van der Waals surface area contributed by atoms with E-state index in [0.29, 0.717) is 10.4 Å². The molecule has 9 heteroatoms. The molecule has 1 atom stereocenters. The van der Waals surface area contributed by atoms with Crippen LogP contribution < -0.4 is 16.8 Å². The van der Waals surface area contributed by atoms with Crippen LogP contribution in [0.1, 0.15) is 17.5 Å². The first-order valence-electron chi connectivity index (χ1n) is 4.73. The second-order valence-electron chi connectivity index (χ2n) is 3.80. The molecule has 0 saturated carbocycles. The number of thioether (sulfide) groups is 1. The number of halogens is 1. The van der Waals surface area contributed by atoms with Gasteiger partial charge in [-0.3, -0.25) is 4.79 Å². The first-order valence-corrected chi connectivity index (χ1v) is 6.66. The minimum atomic E-state index is -0.646. The zero-order valence-corrected chi connectivity index (χ0v) is 11.1. The number of nitrogens with zero attached hydrogens (tertiary/aromatic N) is 2. The van der Waals surface area contributed by atoms with Gasteiger partial charge in [0.25, 0.3) is 5.91 Å². The summed E-state index contributed by atoms with van der Waals surface area (Å²) in [6, 6.07) is 0. The molecular weight excluding hydrogens is 266 g/mol. The van der Waals surface area contributed by atoms with Crippen molar-refractivity contribution in [3.05, 3.63) is 16.3 Å². The molecule has 0 bridgehead atoms. The molecule has 7 nitrogen and oxygen atoms in total. The maximum Gasteiger partial charge on any atom is 0.362 e. The lowest BCUT2D eigenvalue weighted by molar-refractivity contribution is 0.0908. The van der Waals surface area contributed by atoms with Crippen molar-refractivity contribution >= 4 is 29.3 Å². The second kappa shape index (κ2) is 5.46. The molecule has 0 radical (unpaired) electrons. The number of hydrogen-bond acceptors (Lipinski definition) is 5. The minimum absolute atomic E-state index is 0.174. The standard InChI is InChI=1S/C8H14ClN5O2S/c1-8(3-9,4-17-2)11-6(15)5-12-13-7(16)14(5)10/h3-4,10H2,1-2H3,(H,11,15)(H,13,16). The van der Waals surface area contributed by atoms with E-state index >= 15 is 0 Å². The van der Waals surface area contributed by atoms with Crippen LogP contribution in [0.2, 0.25) is 0 Å². The molecule has 1 heterocycles. The molecule has 0 aromatic carbocycles. The van der Waals surface area contributed by atoms with Crippen LogP contribution in [0.15, 0.2) is 4.79 Å². The molecule has 0 fully saturated rings. The average molecular weight is 280 g/mol. The van der Waals surface area contributed by atoms with Crippen LogP contribution in [0.5, 0.6) is 0 Å². The lowest BCUT2D eigenvalue weighted by Crippen LogP contribution is -2.50. The van der Waals surface area contributed by atoms with Gasteiger partial charge in [0.05, 0.1) is 5.54 Å². The third-order valence-corrected chi connectivity index (χ3v) is 3.60. The Kier molecular flexibility index (Phi) is 4.47. The topological polar surface area (TPSA) is 106 Å². The van der Waals surface area contributed by atoms with E-state index in [0.717, 1.165) is 0 Å². The number of alkyl halides is 1. The molecule has 1 amide bonds. The number of aromatic nitrogens is 3. The lowest BCUT2D eigenvalue weighted by atomic mass is 10.1. The van der Waals surface area contributed by atoms with Gasteiger partial charge in [0.2, 0.25) is 5.82 Å². The smallest absolute Gasteiger partial charge is 0.342 e. The van der Waals surface area contributed by atoms with Gasteiger partial charge in [0.15, 0.2) is 0 Å². The number of carbonyl (C=O) groups excluding carboxylic acids is 1.